The Morgan fingerprint density at radius 2 is 1.76 bits per heavy atom. The third kappa shape index (κ3) is 5.24. The molecule has 0 atom stereocenters. The lowest BCUT2D eigenvalue weighted by molar-refractivity contribution is 0.104. The molecule has 0 aliphatic rings. The minimum atomic E-state index is -4.00. The summed E-state index contributed by atoms with van der Waals surface area (Å²) in [6.07, 6.45) is 5.77. The summed E-state index contributed by atoms with van der Waals surface area (Å²) in [5, 5.41) is 0.448. The van der Waals surface area contributed by atoms with E-state index in [-0.39, 0.29) is 33.9 Å². The fraction of sp³-hybridized carbons (Fsp3) is 0.138. The molecule has 0 N–H and O–H groups in total. The van der Waals surface area contributed by atoms with Crippen LogP contribution in [0.1, 0.15) is 21.5 Å². The molecule has 1 aromatic heterocycles. The van der Waals surface area contributed by atoms with E-state index in [1.807, 2.05) is 6.92 Å². The summed E-state index contributed by atoms with van der Waals surface area (Å²) < 4.78 is 63.4. The maximum absolute atomic E-state index is 15.5. The third-order valence-corrected chi connectivity index (χ3v) is 7.55. The number of aromatic nitrogens is 1. The predicted octanol–water partition coefficient (Wildman–Crippen LogP) is 6.24. The molecule has 0 amide bonds. The molecular formula is C29H26F2N2O4S. The van der Waals surface area contributed by atoms with Gasteiger partial charge >= 0.3 is 0 Å². The fourth-order valence-electron chi connectivity index (χ4n) is 3.95. The topological polar surface area (TPSA) is 68.6 Å². The highest BCUT2D eigenvalue weighted by Gasteiger charge is 2.24. The van der Waals surface area contributed by atoms with Crippen LogP contribution < -0.4 is 4.74 Å². The number of hydrogen-bond acceptors (Lipinski definition) is 5. The maximum atomic E-state index is 15.5. The first-order valence-electron chi connectivity index (χ1n) is 11.6. The van der Waals surface area contributed by atoms with Gasteiger partial charge in [-0.05, 0) is 49.7 Å². The van der Waals surface area contributed by atoms with Crippen LogP contribution in [0, 0.1) is 18.6 Å². The number of halogens is 2. The first-order chi connectivity index (χ1) is 18.0. The van der Waals surface area contributed by atoms with Gasteiger partial charge in [-0.15, -0.1) is 6.58 Å². The van der Waals surface area contributed by atoms with Crippen molar-refractivity contribution in [1.29, 1.82) is 0 Å². The van der Waals surface area contributed by atoms with Crippen molar-refractivity contribution < 1.29 is 26.7 Å². The molecule has 4 aromatic rings. The number of nitrogens with zero attached hydrogens (tertiary/aromatic N) is 2. The Balaban J connectivity index is 1.80. The van der Waals surface area contributed by atoms with Crippen LogP contribution >= 0.6 is 0 Å². The van der Waals surface area contributed by atoms with E-state index >= 15 is 4.39 Å². The molecule has 0 aliphatic heterocycles. The van der Waals surface area contributed by atoms with Gasteiger partial charge in [0.2, 0.25) is 0 Å². The first kappa shape index (κ1) is 26.8. The molecule has 6 nitrogen and oxygen atoms in total. The summed E-state index contributed by atoms with van der Waals surface area (Å²) in [4.78, 5) is 14.2. The molecule has 0 fully saturated rings. The predicted molar refractivity (Wildman–Crippen MR) is 143 cm³/mol. The van der Waals surface area contributed by atoms with Crippen molar-refractivity contribution in [2.45, 2.75) is 18.2 Å². The first-order valence-corrected chi connectivity index (χ1v) is 13.1. The monoisotopic (exact) mass is 536 g/mol. The highest BCUT2D eigenvalue weighted by molar-refractivity contribution is 7.90. The van der Waals surface area contributed by atoms with Gasteiger partial charge in [0.25, 0.3) is 10.0 Å². The van der Waals surface area contributed by atoms with E-state index in [2.05, 4.69) is 6.58 Å². The molecule has 0 spiro atoms. The van der Waals surface area contributed by atoms with Crippen LogP contribution in [0.4, 0.5) is 8.78 Å². The van der Waals surface area contributed by atoms with Gasteiger partial charge in [0, 0.05) is 49.6 Å². The number of ether oxygens (including phenoxy) is 1. The Morgan fingerprint density at radius 3 is 2.42 bits per heavy atom. The van der Waals surface area contributed by atoms with Crippen molar-refractivity contribution in [1.82, 2.24) is 8.87 Å². The molecule has 38 heavy (non-hydrogen) atoms. The lowest BCUT2D eigenvalue weighted by Crippen LogP contribution is -2.12. The van der Waals surface area contributed by atoms with Gasteiger partial charge in [-0.1, -0.05) is 23.8 Å². The van der Waals surface area contributed by atoms with Gasteiger partial charge in [-0.2, -0.15) is 0 Å². The number of ketones is 1. The maximum Gasteiger partial charge on any atom is 0.268 e. The largest absolute Gasteiger partial charge is 0.454 e. The molecule has 0 radical (unpaired) electrons. The molecule has 0 bridgehead atoms. The second kappa shape index (κ2) is 10.6. The van der Waals surface area contributed by atoms with Crippen LogP contribution in [0.15, 0.2) is 90.6 Å². The average molecular weight is 537 g/mol. The fourth-order valence-corrected chi connectivity index (χ4v) is 5.29. The lowest BCUT2D eigenvalue weighted by atomic mass is 10.0. The summed E-state index contributed by atoms with van der Waals surface area (Å²) in [7, 11) is -0.554. The number of carbonyl (C=O) groups excluding carboxylic acids is 1. The van der Waals surface area contributed by atoms with Crippen molar-refractivity contribution in [3.8, 4) is 11.5 Å². The number of benzene rings is 3. The summed E-state index contributed by atoms with van der Waals surface area (Å²) in [6, 6.07) is 12.6. The van der Waals surface area contributed by atoms with E-state index < -0.39 is 27.4 Å². The van der Waals surface area contributed by atoms with Gasteiger partial charge < -0.3 is 9.64 Å². The van der Waals surface area contributed by atoms with Crippen LogP contribution in [0.25, 0.3) is 10.9 Å². The highest BCUT2D eigenvalue weighted by Crippen LogP contribution is 2.37. The average Bonchev–Trinajstić information content (AvgIpc) is 3.30. The molecule has 196 valence electrons. The van der Waals surface area contributed by atoms with Crippen molar-refractivity contribution in [3.05, 3.63) is 114 Å². The van der Waals surface area contributed by atoms with Crippen molar-refractivity contribution in [2.75, 3.05) is 14.1 Å². The van der Waals surface area contributed by atoms with Crippen molar-refractivity contribution >= 4 is 26.7 Å². The van der Waals surface area contributed by atoms with Gasteiger partial charge in [0.05, 0.1) is 16.0 Å². The van der Waals surface area contributed by atoms with Crippen molar-refractivity contribution in [3.63, 3.8) is 0 Å². The number of hydrogen-bond donors (Lipinski definition) is 0. The van der Waals surface area contributed by atoms with Crippen molar-refractivity contribution in [2.24, 2.45) is 0 Å². The second-order valence-corrected chi connectivity index (χ2v) is 10.7. The zero-order valence-corrected chi connectivity index (χ0v) is 21.9. The Morgan fingerprint density at radius 1 is 1.05 bits per heavy atom. The summed E-state index contributed by atoms with van der Waals surface area (Å²) in [5.41, 5.74) is 1.16. The van der Waals surface area contributed by atoms with E-state index in [1.54, 1.807) is 43.3 Å². The number of allylic oxidation sites excluding steroid dienone is 2. The van der Waals surface area contributed by atoms with Gasteiger partial charge in [0.1, 0.15) is 11.6 Å². The third-order valence-electron chi connectivity index (χ3n) is 5.84. The van der Waals surface area contributed by atoms with Gasteiger partial charge in [-0.25, -0.2) is 21.2 Å². The van der Waals surface area contributed by atoms with Crippen LogP contribution in [0.3, 0.4) is 0 Å². The summed E-state index contributed by atoms with van der Waals surface area (Å²) in [6.45, 7) is 5.57. The Kier molecular flexibility index (Phi) is 7.50. The molecule has 4 rings (SSSR count). The Hall–Kier alpha value is -4.24. The zero-order chi connectivity index (χ0) is 27.6. The zero-order valence-electron chi connectivity index (χ0n) is 21.1. The minimum Gasteiger partial charge on any atom is -0.454 e. The standard InChI is InChI=1S/C29H26F2N2O4S/c1-5-6-23-22-13-16-33(38(35,36)21-10-7-19(2)8-11-21)27(22)18-26(31)29(23)37-20-9-12-25(30)24(17-20)28(34)14-15-32(3)4/h5,7-18H,1,6H2,2-4H3/b15-14+. The molecule has 9 heteroatoms. The Labute approximate surface area is 220 Å². The van der Waals surface area contributed by atoms with Gasteiger partial charge in [-0.3, -0.25) is 4.79 Å². The minimum absolute atomic E-state index is 0.0447. The lowest BCUT2D eigenvalue weighted by Gasteiger charge is -2.15. The van der Waals surface area contributed by atoms with E-state index in [1.165, 1.54) is 42.7 Å². The van der Waals surface area contributed by atoms with Crippen LogP contribution in [-0.4, -0.2) is 37.2 Å². The Bertz CT molecular complexity index is 1670. The highest BCUT2D eigenvalue weighted by atomic mass is 32.2. The molecule has 3 aromatic carbocycles. The molecule has 0 saturated heterocycles. The van der Waals surface area contributed by atoms with E-state index in [4.69, 9.17) is 4.74 Å². The van der Waals surface area contributed by atoms with Crippen LogP contribution in [-0.2, 0) is 16.4 Å². The molecule has 1 heterocycles. The summed E-state index contributed by atoms with van der Waals surface area (Å²) >= 11 is 0. The molecule has 0 aliphatic carbocycles. The van der Waals surface area contributed by atoms with Crippen LogP contribution in [0.2, 0.25) is 0 Å². The SMILES string of the molecule is C=CCc1c(Oc2ccc(F)c(C(=O)/C=C/N(C)C)c2)c(F)cc2c1ccn2S(=O)(=O)c1ccc(C)cc1. The number of carbonyl (C=O) groups is 1. The normalized spacial score (nSPS) is 11.7. The molecule has 0 unspecified atom stereocenters. The number of rotatable bonds is 9. The molecular weight excluding hydrogens is 510 g/mol. The van der Waals surface area contributed by atoms with Crippen LogP contribution in [0.5, 0.6) is 11.5 Å². The molecule has 0 saturated carbocycles. The van der Waals surface area contributed by atoms with E-state index in [0.717, 1.165) is 21.7 Å². The number of aryl methyl sites for hydroxylation is 1. The van der Waals surface area contributed by atoms with E-state index in [0.29, 0.717) is 10.9 Å². The quantitative estimate of drug-likeness (QED) is 0.144. The van der Waals surface area contributed by atoms with E-state index in [9.17, 15) is 17.6 Å². The number of fused-ring (bicyclic) bond motifs is 1. The second-order valence-electron chi connectivity index (χ2n) is 8.91. The summed E-state index contributed by atoms with van der Waals surface area (Å²) in [5.74, 6) is -2.27. The van der Waals surface area contributed by atoms with Gasteiger partial charge in [0.15, 0.2) is 17.3 Å². The smallest absolute Gasteiger partial charge is 0.268 e.